The Balaban J connectivity index is 1.79. The van der Waals surface area contributed by atoms with Gasteiger partial charge in [0.2, 0.25) is 0 Å². The zero-order valence-corrected chi connectivity index (χ0v) is 24.7. The first-order chi connectivity index (χ1) is 18.4. The summed E-state index contributed by atoms with van der Waals surface area (Å²) >= 11 is 1.19. The van der Waals surface area contributed by atoms with E-state index in [0.717, 1.165) is 6.26 Å². The van der Waals surface area contributed by atoms with Gasteiger partial charge in [0.25, 0.3) is 5.91 Å². The molecule has 0 fully saturated rings. The molecule has 0 aliphatic rings. The fourth-order valence-electron chi connectivity index (χ4n) is 3.28. The van der Waals surface area contributed by atoms with Crippen molar-refractivity contribution in [3.05, 3.63) is 59.1 Å². The highest BCUT2D eigenvalue weighted by atomic mass is 32.2. The fourth-order valence-corrected chi connectivity index (χ4v) is 5.51. The molecule has 0 aliphatic heterocycles. The molecule has 0 saturated carbocycles. The molecular weight excluding hydrogens is 567 g/mol. The van der Waals surface area contributed by atoms with Crippen molar-refractivity contribution in [2.24, 2.45) is 0 Å². The van der Waals surface area contributed by atoms with Crippen LogP contribution in [0.25, 0.3) is 0 Å². The summed E-state index contributed by atoms with van der Waals surface area (Å²) in [5, 5.41) is 4.73. The molecule has 212 valence electrons. The van der Waals surface area contributed by atoms with Crippen LogP contribution in [0, 0.1) is 0 Å². The van der Waals surface area contributed by atoms with Crippen LogP contribution in [0.1, 0.15) is 29.9 Å². The third-order valence-corrected chi connectivity index (χ3v) is 8.21. The molecule has 1 unspecified atom stereocenters. The van der Waals surface area contributed by atoms with Crippen LogP contribution >= 0.6 is 18.9 Å². The summed E-state index contributed by atoms with van der Waals surface area (Å²) in [5.41, 5.74) is 0.728. The highest BCUT2D eigenvalue weighted by Gasteiger charge is 2.18. The molecule has 3 aromatic rings. The van der Waals surface area contributed by atoms with E-state index in [2.05, 4.69) is 10.3 Å². The number of ether oxygens (including phenoxy) is 3. The zero-order valence-electron chi connectivity index (χ0n) is 22.2. The van der Waals surface area contributed by atoms with E-state index in [1.165, 1.54) is 48.3 Å². The number of carbonyl (C=O) groups is 1. The average molecular weight is 599 g/mol. The minimum absolute atomic E-state index is 0.0308. The Morgan fingerprint density at radius 1 is 1.10 bits per heavy atom. The van der Waals surface area contributed by atoms with Crippen LogP contribution < -0.4 is 14.8 Å². The quantitative estimate of drug-likeness (QED) is 0.241. The molecule has 2 atom stereocenters. The zero-order chi connectivity index (χ0) is 28.6. The van der Waals surface area contributed by atoms with Gasteiger partial charge in [0, 0.05) is 37.0 Å². The van der Waals surface area contributed by atoms with E-state index in [0.29, 0.717) is 34.7 Å². The Morgan fingerprint density at radius 3 is 2.44 bits per heavy atom. The van der Waals surface area contributed by atoms with Gasteiger partial charge in [-0.3, -0.25) is 14.7 Å². The number of rotatable bonds is 14. The third kappa shape index (κ3) is 9.71. The first-order valence-electron chi connectivity index (χ1n) is 11.8. The SMILES string of the molecule is CCOP(C)(=O)OCc1csc(NC(=O)c2cc(Oc3ccc(S(C)(=O)=O)cc3)cc(O[C@@H](C)COC)c2)n1. The first-order valence-corrected chi connectivity index (χ1v) is 16.6. The second-order valence-corrected chi connectivity index (χ2v) is 13.4. The van der Waals surface area contributed by atoms with Crippen LogP contribution in [-0.2, 0) is 34.8 Å². The summed E-state index contributed by atoms with van der Waals surface area (Å²) in [4.78, 5) is 17.6. The molecule has 39 heavy (non-hydrogen) atoms. The second kappa shape index (κ2) is 13.5. The maximum atomic E-state index is 13.1. The van der Waals surface area contributed by atoms with Gasteiger partial charge >= 0.3 is 7.60 Å². The van der Waals surface area contributed by atoms with Gasteiger partial charge in [-0.25, -0.2) is 13.4 Å². The van der Waals surface area contributed by atoms with Crippen LogP contribution in [0.2, 0.25) is 0 Å². The highest BCUT2D eigenvalue weighted by Crippen LogP contribution is 2.44. The summed E-state index contributed by atoms with van der Waals surface area (Å²) in [5.74, 6) is 0.588. The third-order valence-electron chi connectivity index (χ3n) is 4.95. The first kappa shape index (κ1) is 30.7. The molecule has 14 heteroatoms. The van der Waals surface area contributed by atoms with Gasteiger partial charge in [0.05, 0.1) is 30.4 Å². The minimum Gasteiger partial charge on any atom is -0.488 e. The second-order valence-electron chi connectivity index (χ2n) is 8.48. The number of hydrogen-bond acceptors (Lipinski definition) is 11. The summed E-state index contributed by atoms with van der Waals surface area (Å²) in [6, 6.07) is 10.6. The molecule has 2 aromatic carbocycles. The van der Waals surface area contributed by atoms with E-state index in [1.807, 2.05) is 6.92 Å². The summed E-state index contributed by atoms with van der Waals surface area (Å²) < 4.78 is 62.9. The van der Waals surface area contributed by atoms with Gasteiger partial charge < -0.3 is 23.3 Å². The Bertz CT molecular complexity index is 1430. The normalized spacial score (nSPS) is 13.9. The van der Waals surface area contributed by atoms with E-state index in [4.69, 9.17) is 23.3 Å². The highest BCUT2D eigenvalue weighted by molar-refractivity contribution is 7.90. The molecule has 3 rings (SSSR count). The molecule has 0 spiro atoms. The Hall–Kier alpha value is -2.80. The van der Waals surface area contributed by atoms with Crippen molar-refractivity contribution in [2.45, 2.75) is 31.5 Å². The maximum absolute atomic E-state index is 13.1. The van der Waals surface area contributed by atoms with Gasteiger partial charge in [0.15, 0.2) is 15.0 Å². The Morgan fingerprint density at radius 2 is 1.79 bits per heavy atom. The number of sulfone groups is 1. The number of carbonyl (C=O) groups excluding carboxylic acids is 1. The summed E-state index contributed by atoms with van der Waals surface area (Å²) in [6.45, 7) is 5.49. The van der Waals surface area contributed by atoms with Crippen molar-refractivity contribution < 1.29 is 41.0 Å². The molecular formula is C25H31N2O9PS2. The van der Waals surface area contributed by atoms with Gasteiger partial charge in [-0.15, -0.1) is 11.3 Å². The number of benzene rings is 2. The molecule has 0 aliphatic carbocycles. The molecule has 1 N–H and O–H groups in total. The van der Waals surface area contributed by atoms with E-state index >= 15 is 0 Å². The molecule has 1 amide bonds. The van der Waals surface area contributed by atoms with E-state index in [9.17, 15) is 17.8 Å². The summed E-state index contributed by atoms with van der Waals surface area (Å²) in [7, 11) is -4.98. The van der Waals surface area contributed by atoms with Crippen molar-refractivity contribution >= 4 is 39.8 Å². The fraction of sp³-hybridized carbons (Fsp3) is 0.360. The monoisotopic (exact) mass is 598 g/mol. The molecule has 0 bridgehead atoms. The lowest BCUT2D eigenvalue weighted by molar-refractivity contribution is 0.0916. The average Bonchev–Trinajstić information content (AvgIpc) is 3.30. The Labute approximate surface area is 231 Å². The topological polar surface area (TPSA) is 139 Å². The molecule has 0 radical (unpaired) electrons. The van der Waals surface area contributed by atoms with Crippen LogP contribution in [-0.4, -0.2) is 58.7 Å². The lowest BCUT2D eigenvalue weighted by Crippen LogP contribution is -2.18. The molecule has 11 nitrogen and oxygen atoms in total. The lowest BCUT2D eigenvalue weighted by Gasteiger charge is -2.16. The van der Waals surface area contributed by atoms with Gasteiger partial charge in [-0.2, -0.15) is 0 Å². The smallest absolute Gasteiger partial charge is 0.327 e. The number of anilines is 1. The number of thiazole rings is 1. The number of methoxy groups -OCH3 is 1. The van der Waals surface area contributed by atoms with Gasteiger partial charge in [-0.05, 0) is 50.2 Å². The number of nitrogens with zero attached hydrogens (tertiary/aromatic N) is 1. The van der Waals surface area contributed by atoms with Crippen molar-refractivity contribution in [3.63, 3.8) is 0 Å². The standard InChI is InChI=1S/C25H31N2O9PS2/c1-6-33-37(4,29)34-15-19-16-38-25(26-19)27-24(28)18-11-21(35-17(2)14-32-3)13-22(12-18)36-20-7-9-23(10-8-20)39(5,30)31/h7-13,16-17H,6,14-15H2,1-5H3,(H,26,27,28)/t17-,37?/m0/s1. The van der Waals surface area contributed by atoms with E-state index in [1.54, 1.807) is 31.5 Å². The van der Waals surface area contributed by atoms with Crippen molar-refractivity contribution in [2.75, 3.05) is 38.6 Å². The Kier molecular flexibility index (Phi) is 10.6. The lowest BCUT2D eigenvalue weighted by atomic mass is 10.2. The van der Waals surface area contributed by atoms with Crippen molar-refractivity contribution in [1.82, 2.24) is 4.98 Å². The van der Waals surface area contributed by atoms with E-state index < -0.39 is 23.3 Å². The van der Waals surface area contributed by atoms with Crippen molar-refractivity contribution in [1.29, 1.82) is 0 Å². The minimum atomic E-state index is -3.35. The number of hydrogen-bond donors (Lipinski definition) is 1. The van der Waals surface area contributed by atoms with Gasteiger partial charge in [-0.1, -0.05) is 0 Å². The maximum Gasteiger partial charge on any atom is 0.327 e. The predicted molar refractivity (Wildman–Crippen MR) is 148 cm³/mol. The largest absolute Gasteiger partial charge is 0.488 e. The molecule has 1 aromatic heterocycles. The molecule has 1 heterocycles. The predicted octanol–water partition coefficient (Wildman–Crippen LogP) is 5.38. The van der Waals surface area contributed by atoms with Crippen LogP contribution in [0.4, 0.5) is 5.13 Å². The molecule has 0 saturated heterocycles. The summed E-state index contributed by atoms with van der Waals surface area (Å²) in [6.07, 6.45) is 0.819. The van der Waals surface area contributed by atoms with Crippen LogP contribution in [0.3, 0.4) is 0 Å². The number of nitrogens with one attached hydrogen (secondary N) is 1. The van der Waals surface area contributed by atoms with E-state index in [-0.39, 0.29) is 29.8 Å². The van der Waals surface area contributed by atoms with Crippen molar-refractivity contribution in [3.8, 4) is 17.2 Å². The van der Waals surface area contributed by atoms with Crippen LogP contribution in [0.15, 0.2) is 52.7 Å². The van der Waals surface area contributed by atoms with Gasteiger partial charge in [0.1, 0.15) is 23.4 Å². The number of aromatic nitrogens is 1. The number of amides is 1. The van der Waals surface area contributed by atoms with Crippen LogP contribution in [0.5, 0.6) is 17.2 Å².